The minimum absolute atomic E-state index is 0.0350. The molecule has 0 saturated heterocycles. The number of alkyl halides is 3. The average Bonchev–Trinajstić information content (AvgIpc) is 2.80. The fourth-order valence-electron chi connectivity index (χ4n) is 2.22. The Morgan fingerprint density at radius 2 is 1.91 bits per heavy atom. The van der Waals surface area contributed by atoms with Gasteiger partial charge in [0.25, 0.3) is 0 Å². The van der Waals surface area contributed by atoms with Gasteiger partial charge in [-0.05, 0) is 37.1 Å². The van der Waals surface area contributed by atoms with E-state index in [9.17, 15) is 13.2 Å². The first-order valence-electron chi connectivity index (χ1n) is 6.95. The number of guanidine groups is 1. The van der Waals surface area contributed by atoms with Crippen molar-refractivity contribution in [1.29, 1.82) is 0 Å². The number of nitrogens with two attached hydrogens (primary N) is 1. The average molecular weight is 325 g/mol. The number of halogens is 3. The van der Waals surface area contributed by atoms with Gasteiger partial charge < -0.3 is 15.6 Å². The number of aromatic nitrogens is 2. The Balaban J connectivity index is 2.04. The van der Waals surface area contributed by atoms with E-state index in [4.69, 9.17) is 5.73 Å². The van der Waals surface area contributed by atoms with Crippen LogP contribution in [0.25, 0.3) is 0 Å². The number of nitrogens with one attached hydrogen (secondary N) is 1. The van der Waals surface area contributed by atoms with Crippen molar-refractivity contribution in [2.75, 3.05) is 5.32 Å². The molecule has 0 unspecified atom stereocenters. The van der Waals surface area contributed by atoms with E-state index in [1.807, 2.05) is 32.0 Å². The molecule has 0 fully saturated rings. The second kappa shape index (κ2) is 6.72. The summed E-state index contributed by atoms with van der Waals surface area (Å²) < 4.78 is 38.3. The van der Waals surface area contributed by atoms with Crippen LogP contribution < -0.4 is 11.1 Å². The maximum absolute atomic E-state index is 12.4. The summed E-state index contributed by atoms with van der Waals surface area (Å²) in [5.41, 5.74) is 8.70. The monoisotopic (exact) mass is 325 g/mol. The van der Waals surface area contributed by atoms with Gasteiger partial charge in [0.05, 0.1) is 0 Å². The second-order valence-electron chi connectivity index (χ2n) is 5.29. The lowest BCUT2D eigenvalue weighted by atomic mass is 10.1. The smallest absolute Gasteiger partial charge is 0.370 e. The Bertz CT molecular complexity index is 683. The van der Waals surface area contributed by atoms with Gasteiger partial charge in [-0.25, -0.2) is 9.98 Å². The molecule has 3 N–H and O–H groups in total. The Hall–Kier alpha value is -2.51. The van der Waals surface area contributed by atoms with Crippen LogP contribution in [-0.4, -0.2) is 21.7 Å². The van der Waals surface area contributed by atoms with Crippen molar-refractivity contribution >= 4 is 11.6 Å². The summed E-state index contributed by atoms with van der Waals surface area (Å²) in [6.45, 7) is 2.79. The van der Waals surface area contributed by atoms with E-state index in [2.05, 4.69) is 15.3 Å². The Labute approximate surface area is 132 Å². The van der Waals surface area contributed by atoms with Gasteiger partial charge >= 0.3 is 6.18 Å². The topological polar surface area (TPSA) is 68.2 Å². The lowest BCUT2D eigenvalue weighted by Gasteiger charge is -2.10. The molecule has 2 aromatic rings. The Kier molecular flexibility index (Phi) is 4.92. The highest BCUT2D eigenvalue weighted by atomic mass is 19.4. The first-order chi connectivity index (χ1) is 10.7. The molecule has 1 aromatic carbocycles. The molecule has 1 heterocycles. The molecule has 0 aliphatic heterocycles. The standard InChI is InChI=1S/C15H18F3N5/c1-10-5-11(2)7-12(6-10)22-14(19)21-8-13-20-3-4-23(13)9-15(16,17)18/h3-7H,8-9H2,1-2H3,(H3,19,21,22). The molecular weight excluding hydrogens is 307 g/mol. The van der Waals surface area contributed by atoms with Crippen LogP contribution in [0.4, 0.5) is 18.9 Å². The number of aliphatic imine (C=N–C) groups is 1. The molecule has 0 saturated carbocycles. The first-order valence-corrected chi connectivity index (χ1v) is 6.95. The van der Waals surface area contributed by atoms with E-state index in [-0.39, 0.29) is 18.3 Å². The number of aryl methyl sites for hydroxylation is 2. The van der Waals surface area contributed by atoms with E-state index in [0.29, 0.717) is 0 Å². The quantitative estimate of drug-likeness (QED) is 0.671. The van der Waals surface area contributed by atoms with Gasteiger partial charge in [-0.15, -0.1) is 0 Å². The molecule has 23 heavy (non-hydrogen) atoms. The van der Waals surface area contributed by atoms with Gasteiger partial charge in [0.2, 0.25) is 0 Å². The Morgan fingerprint density at radius 3 is 2.52 bits per heavy atom. The zero-order valence-corrected chi connectivity index (χ0v) is 12.9. The molecule has 124 valence electrons. The number of nitrogens with zero attached hydrogens (tertiary/aromatic N) is 3. The van der Waals surface area contributed by atoms with E-state index >= 15 is 0 Å². The van der Waals surface area contributed by atoms with E-state index in [0.717, 1.165) is 21.4 Å². The third-order valence-corrected chi connectivity index (χ3v) is 3.04. The van der Waals surface area contributed by atoms with Crippen LogP contribution in [0, 0.1) is 13.8 Å². The molecule has 2 rings (SSSR count). The van der Waals surface area contributed by atoms with Crippen LogP contribution in [0.3, 0.4) is 0 Å². The number of rotatable bonds is 4. The van der Waals surface area contributed by atoms with Gasteiger partial charge in [0, 0.05) is 18.1 Å². The molecule has 5 nitrogen and oxygen atoms in total. The fourth-order valence-corrected chi connectivity index (χ4v) is 2.22. The van der Waals surface area contributed by atoms with Crippen molar-refractivity contribution in [2.24, 2.45) is 10.7 Å². The maximum Gasteiger partial charge on any atom is 0.406 e. The molecule has 1 aromatic heterocycles. The molecule has 0 amide bonds. The molecule has 8 heteroatoms. The lowest BCUT2D eigenvalue weighted by Crippen LogP contribution is -2.23. The normalized spacial score (nSPS) is 12.5. The van der Waals surface area contributed by atoms with Crippen LogP contribution in [0.15, 0.2) is 35.6 Å². The lowest BCUT2D eigenvalue weighted by molar-refractivity contribution is -0.141. The molecule has 0 bridgehead atoms. The van der Waals surface area contributed by atoms with Crippen molar-refractivity contribution < 1.29 is 13.2 Å². The summed E-state index contributed by atoms with van der Waals surface area (Å²) in [6.07, 6.45) is -1.72. The number of anilines is 1. The second-order valence-corrected chi connectivity index (χ2v) is 5.29. The molecule has 0 radical (unpaired) electrons. The van der Waals surface area contributed by atoms with Gasteiger partial charge in [0.15, 0.2) is 5.96 Å². The summed E-state index contributed by atoms with van der Waals surface area (Å²) in [7, 11) is 0. The maximum atomic E-state index is 12.4. The van der Waals surface area contributed by atoms with Gasteiger partial charge in [0.1, 0.15) is 18.9 Å². The number of imidazole rings is 1. The summed E-state index contributed by atoms with van der Waals surface area (Å²) >= 11 is 0. The van der Waals surface area contributed by atoms with Gasteiger partial charge in [-0.2, -0.15) is 13.2 Å². The molecular formula is C15H18F3N5. The van der Waals surface area contributed by atoms with Crippen LogP contribution in [0.1, 0.15) is 17.0 Å². The van der Waals surface area contributed by atoms with Crippen LogP contribution in [0.2, 0.25) is 0 Å². The largest absolute Gasteiger partial charge is 0.406 e. The Morgan fingerprint density at radius 1 is 1.26 bits per heavy atom. The summed E-state index contributed by atoms with van der Waals surface area (Å²) in [4.78, 5) is 7.92. The number of benzene rings is 1. The summed E-state index contributed by atoms with van der Waals surface area (Å²) in [5, 5.41) is 2.92. The minimum Gasteiger partial charge on any atom is -0.370 e. The van der Waals surface area contributed by atoms with Crippen molar-refractivity contribution in [3.8, 4) is 0 Å². The van der Waals surface area contributed by atoms with Gasteiger partial charge in [-0.1, -0.05) is 6.07 Å². The SMILES string of the molecule is Cc1cc(C)cc(NC(N)=NCc2nccn2CC(F)(F)F)c1. The van der Waals surface area contributed by atoms with Crippen molar-refractivity contribution in [3.63, 3.8) is 0 Å². The van der Waals surface area contributed by atoms with Crippen LogP contribution in [-0.2, 0) is 13.1 Å². The minimum atomic E-state index is -4.30. The van der Waals surface area contributed by atoms with Crippen molar-refractivity contribution in [1.82, 2.24) is 9.55 Å². The van der Waals surface area contributed by atoms with Crippen molar-refractivity contribution in [3.05, 3.63) is 47.5 Å². The van der Waals surface area contributed by atoms with Crippen LogP contribution in [0.5, 0.6) is 0 Å². The third kappa shape index (κ3) is 5.32. The third-order valence-electron chi connectivity index (χ3n) is 3.04. The van der Waals surface area contributed by atoms with Gasteiger partial charge in [-0.3, -0.25) is 0 Å². The highest BCUT2D eigenvalue weighted by Crippen LogP contribution is 2.18. The zero-order chi connectivity index (χ0) is 17.0. The van der Waals surface area contributed by atoms with E-state index < -0.39 is 12.7 Å². The predicted octanol–water partition coefficient (Wildman–Crippen LogP) is 2.99. The number of hydrogen-bond donors (Lipinski definition) is 2. The highest BCUT2D eigenvalue weighted by molar-refractivity contribution is 5.92. The highest BCUT2D eigenvalue weighted by Gasteiger charge is 2.28. The van der Waals surface area contributed by atoms with E-state index in [1.54, 1.807) is 0 Å². The summed E-state index contributed by atoms with van der Waals surface area (Å²) in [6, 6.07) is 5.83. The summed E-state index contributed by atoms with van der Waals surface area (Å²) in [5.74, 6) is 0.323. The molecule has 0 aliphatic rings. The van der Waals surface area contributed by atoms with E-state index in [1.165, 1.54) is 12.4 Å². The van der Waals surface area contributed by atoms with Crippen LogP contribution >= 0.6 is 0 Å². The zero-order valence-electron chi connectivity index (χ0n) is 12.9. The fraction of sp³-hybridized carbons (Fsp3) is 0.333. The first kappa shape index (κ1) is 16.9. The number of hydrogen-bond acceptors (Lipinski definition) is 2. The predicted molar refractivity (Wildman–Crippen MR) is 83.1 cm³/mol. The molecule has 0 atom stereocenters. The van der Waals surface area contributed by atoms with Crippen molar-refractivity contribution in [2.45, 2.75) is 33.1 Å². The molecule has 0 aliphatic carbocycles. The molecule has 0 spiro atoms.